The van der Waals surface area contributed by atoms with Gasteiger partial charge in [-0.25, -0.2) is 0 Å². The summed E-state index contributed by atoms with van der Waals surface area (Å²) in [5.41, 5.74) is 0. The first-order valence-corrected chi connectivity index (χ1v) is 8.45. The van der Waals surface area contributed by atoms with Crippen LogP contribution in [-0.4, -0.2) is 6.04 Å². The highest BCUT2D eigenvalue weighted by atomic mass is 79.9. The lowest BCUT2D eigenvalue weighted by atomic mass is 9.83. The first kappa shape index (κ1) is 12.2. The summed E-state index contributed by atoms with van der Waals surface area (Å²) < 4.78 is 1.27. The van der Waals surface area contributed by atoms with Crippen LogP contribution in [0.15, 0.2) is 15.9 Å². The van der Waals surface area contributed by atoms with Gasteiger partial charge in [0.05, 0.1) is 0 Å². The summed E-state index contributed by atoms with van der Waals surface area (Å²) in [5, 5.41) is 5.92. The van der Waals surface area contributed by atoms with Gasteiger partial charge >= 0.3 is 0 Å². The van der Waals surface area contributed by atoms with Crippen LogP contribution >= 0.6 is 27.3 Å². The van der Waals surface area contributed by atoms with Crippen molar-refractivity contribution in [1.29, 1.82) is 0 Å². The van der Waals surface area contributed by atoms with E-state index in [1.54, 1.807) is 0 Å². The fourth-order valence-electron chi connectivity index (χ4n) is 3.10. The summed E-state index contributed by atoms with van der Waals surface area (Å²) in [4.78, 5) is 1.44. The lowest BCUT2D eigenvalue weighted by Gasteiger charge is -2.30. The van der Waals surface area contributed by atoms with Crippen LogP contribution in [0.3, 0.4) is 0 Å². The topological polar surface area (TPSA) is 12.0 Å². The van der Waals surface area contributed by atoms with Gasteiger partial charge in [0.15, 0.2) is 0 Å². The molecule has 1 aromatic rings. The average molecular weight is 314 g/mol. The quantitative estimate of drug-likeness (QED) is 0.858. The summed E-state index contributed by atoms with van der Waals surface area (Å²) in [6, 6.07) is 2.92. The van der Waals surface area contributed by atoms with E-state index in [1.807, 2.05) is 11.3 Å². The molecular formula is C14H20BrNS. The van der Waals surface area contributed by atoms with Crippen LogP contribution in [0.4, 0.5) is 0 Å². The minimum absolute atomic E-state index is 0.767. The highest BCUT2D eigenvalue weighted by molar-refractivity contribution is 9.10. The monoisotopic (exact) mass is 313 g/mol. The van der Waals surface area contributed by atoms with Crippen molar-refractivity contribution in [3.63, 3.8) is 0 Å². The second-order valence-corrected chi connectivity index (χ2v) is 7.39. The van der Waals surface area contributed by atoms with Crippen LogP contribution in [0.5, 0.6) is 0 Å². The molecule has 2 saturated carbocycles. The zero-order valence-electron chi connectivity index (χ0n) is 10.1. The van der Waals surface area contributed by atoms with E-state index >= 15 is 0 Å². The largest absolute Gasteiger partial charge is 0.309 e. The van der Waals surface area contributed by atoms with Crippen molar-refractivity contribution < 1.29 is 0 Å². The van der Waals surface area contributed by atoms with Crippen molar-refractivity contribution in [2.24, 2.45) is 11.8 Å². The predicted molar refractivity (Wildman–Crippen MR) is 77.3 cm³/mol. The molecule has 1 N–H and O–H groups in total. The number of nitrogens with one attached hydrogen (secondary N) is 1. The highest BCUT2D eigenvalue weighted by Crippen LogP contribution is 2.43. The molecule has 2 aliphatic rings. The fraction of sp³-hybridized carbons (Fsp3) is 0.714. The van der Waals surface area contributed by atoms with Gasteiger partial charge in [0.1, 0.15) is 0 Å². The summed E-state index contributed by atoms with van der Waals surface area (Å²) in [5.74, 6) is 2.13. The number of hydrogen-bond acceptors (Lipinski definition) is 2. The van der Waals surface area contributed by atoms with Crippen molar-refractivity contribution >= 4 is 27.3 Å². The fourth-order valence-corrected chi connectivity index (χ4v) is 4.54. The van der Waals surface area contributed by atoms with Crippen LogP contribution in [-0.2, 0) is 6.54 Å². The smallest absolute Gasteiger partial charge is 0.0327 e. The van der Waals surface area contributed by atoms with Crippen molar-refractivity contribution in [2.45, 2.75) is 51.1 Å². The standard InChI is InChI=1S/C14H20BrNS/c15-13-6-7-17-14(13)9-16-12-3-1-2-11(8-12)10-4-5-10/h6-7,10-12,16H,1-5,8-9H2. The normalized spacial score (nSPS) is 29.5. The number of thiophene rings is 1. The Hall–Kier alpha value is 0.140. The van der Waals surface area contributed by atoms with Crippen LogP contribution in [0.25, 0.3) is 0 Å². The molecule has 2 fully saturated rings. The van der Waals surface area contributed by atoms with E-state index in [-0.39, 0.29) is 0 Å². The second kappa shape index (κ2) is 5.41. The number of rotatable bonds is 4. The van der Waals surface area contributed by atoms with Gasteiger partial charge in [-0.3, -0.25) is 0 Å². The van der Waals surface area contributed by atoms with E-state index < -0.39 is 0 Å². The highest BCUT2D eigenvalue weighted by Gasteiger charge is 2.34. The van der Waals surface area contributed by atoms with E-state index in [0.29, 0.717) is 0 Å². The third-order valence-electron chi connectivity index (χ3n) is 4.25. The van der Waals surface area contributed by atoms with Crippen LogP contribution in [0.1, 0.15) is 43.4 Å². The van der Waals surface area contributed by atoms with Gasteiger partial charge in [-0.2, -0.15) is 0 Å². The molecule has 3 heteroatoms. The van der Waals surface area contributed by atoms with E-state index in [2.05, 4.69) is 32.7 Å². The summed E-state index contributed by atoms with van der Waals surface area (Å²) in [6.07, 6.45) is 8.75. The Morgan fingerprint density at radius 2 is 2.12 bits per heavy atom. The van der Waals surface area contributed by atoms with Gasteiger partial charge in [-0.05, 0) is 64.9 Å². The number of halogens is 1. The lowest BCUT2D eigenvalue weighted by molar-refractivity contribution is 0.260. The third kappa shape index (κ3) is 3.12. The molecule has 94 valence electrons. The molecule has 3 rings (SSSR count). The second-order valence-electron chi connectivity index (χ2n) is 5.53. The third-order valence-corrected chi connectivity index (χ3v) is 6.17. The van der Waals surface area contributed by atoms with E-state index in [9.17, 15) is 0 Å². The molecule has 0 saturated heterocycles. The molecule has 2 aliphatic carbocycles. The Morgan fingerprint density at radius 3 is 2.82 bits per heavy atom. The van der Waals surface area contributed by atoms with Crippen LogP contribution in [0, 0.1) is 11.8 Å². The molecule has 0 aromatic carbocycles. The molecule has 1 aromatic heterocycles. The summed E-state index contributed by atoms with van der Waals surface area (Å²) in [6.45, 7) is 1.04. The minimum Gasteiger partial charge on any atom is -0.309 e. The van der Waals surface area contributed by atoms with Crippen LogP contribution < -0.4 is 5.32 Å². The first-order chi connectivity index (χ1) is 8.33. The molecule has 0 amide bonds. The Morgan fingerprint density at radius 1 is 1.24 bits per heavy atom. The average Bonchev–Trinajstić information content (AvgIpc) is 3.12. The molecule has 2 unspecified atom stereocenters. The maximum absolute atomic E-state index is 3.76. The van der Waals surface area contributed by atoms with Gasteiger partial charge in [0, 0.05) is 21.9 Å². The molecule has 2 atom stereocenters. The van der Waals surface area contributed by atoms with E-state index in [1.165, 1.54) is 47.9 Å². The maximum atomic E-state index is 3.76. The zero-order valence-corrected chi connectivity index (χ0v) is 12.5. The first-order valence-electron chi connectivity index (χ1n) is 6.78. The Bertz CT molecular complexity index is 372. The van der Waals surface area contributed by atoms with Crippen LogP contribution in [0.2, 0.25) is 0 Å². The molecule has 1 nitrogen and oxygen atoms in total. The van der Waals surface area contributed by atoms with Gasteiger partial charge < -0.3 is 5.32 Å². The van der Waals surface area contributed by atoms with Crippen molar-refractivity contribution in [3.8, 4) is 0 Å². The Kier molecular flexibility index (Phi) is 3.88. The van der Waals surface area contributed by atoms with Gasteiger partial charge in [0.2, 0.25) is 0 Å². The maximum Gasteiger partial charge on any atom is 0.0327 e. The van der Waals surface area contributed by atoms with E-state index in [4.69, 9.17) is 0 Å². The summed E-state index contributed by atoms with van der Waals surface area (Å²) >= 11 is 5.45. The van der Waals surface area contributed by atoms with Crippen molar-refractivity contribution in [1.82, 2.24) is 5.32 Å². The molecule has 0 spiro atoms. The van der Waals surface area contributed by atoms with E-state index in [0.717, 1.165) is 24.4 Å². The molecule has 0 bridgehead atoms. The predicted octanol–water partition coefficient (Wildman–Crippen LogP) is 4.57. The molecular weight excluding hydrogens is 294 g/mol. The summed E-state index contributed by atoms with van der Waals surface area (Å²) in [7, 11) is 0. The molecule has 0 radical (unpaired) electrons. The Labute approximate surface area is 116 Å². The number of hydrogen-bond donors (Lipinski definition) is 1. The van der Waals surface area contributed by atoms with Gasteiger partial charge in [-0.1, -0.05) is 12.8 Å². The molecule has 17 heavy (non-hydrogen) atoms. The van der Waals surface area contributed by atoms with Crippen molar-refractivity contribution in [2.75, 3.05) is 0 Å². The molecule has 1 heterocycles. The lowest BCUT2D eigenvalue weighted by Crippen LogP contribution is -2.34. The van der Waals surface area contributed by atoms with Gasteiger partial charge in [-0.15, -0.1) is 11.3 Å². The Balaban J connectivity index is 1.49. The minimum atomic E-state index is 0.767. The zero-order chi connectivity index (χ0) is 11.7. The van der Waals surface area contributed by atoms with Gasteiger partial charge in [0.25, 0.3) is 0 Å². The molecule has 0 aliphatic heterocycles. The SMILES string of the molecule is Brc1ccsc1CNC1CCCC(C2CC2)C1. The van der Waals surface area contributed by atoms with Crippen molar-refractivity contribution in [3.05, 3.63) is 20.8 Å².